The Bertz CT molecular complexity index is 959. The van der Waals surface area contributed by atoms with Crippen LogP contribution in [-0.2, 0) is 16.0 Å². The largest absolute Gasteiger partial charge is 0.490 e. The van der Waals surface area contributed by atoms with Crippen molar-refractivity contribution >= 4 is 23.6 Å². The topological polar surface area (TPSA) is 138 Å². The summed E-state index contributed by atoms with van der Waals surface area (Å²) in [5.41, 5.74) is 7.58. The number of carboxylic acids is 1. The summed E-state index contributed by atoms with van der Waals surface area (Å²) in [5, 5.41) is 19.8. The minimum atomic E-state index is -0.887. The molecule has 0 aliphatic carbocycles. The predicted octanol–water partition coefficient (Wildman–Crippen LogP) is 2.37. The molecule has 1 saturated heterocycles. The summed E-state index contributed by atoms with van der Waals surface area (Å²) >= 11 is 0. The number of aliphatic carboxylic acids is 1. The van der Waals surface area contributed by atoms with Crippen LogP contribution in [0.2, 0.25) is 0 Å². The molecule has 2 atom stereocenters. The van der Waals surface area contributed by atoms with E-state index in [1.54, 1.807) is 36.4 Å². The minimum absolute atomic E-state index is 0.0347. The Balaban J connectivity index is 1.53. The van der Waals surface area contributed by atoms with E-state index in [1.165, 1.54) is 4.90 Å². The van der Waals surface area contributed by atoms with Crippen molar-refractivity contribution in [1.29, 1.82) is 5.41 Å². The molecule has 170 valence electrons. The van der Waals surface area contributed by atoms with E-state index in [4.69, 9.17) is 20.6 Å². The average Bonchev–Trinajstić information content (AvgIpc) is 3.13. The molecule has 1 aliphatic rings. The van der Waals surface area contributed by atoms with Gasteiger partial charge in [0.25, 0.3) is 0 Å². The number of hydrogen-bond donors (Lipinski definition) is 4. The number of nitrogens with zero attached hydrogens (tertiary/aromatic N) is 1. The first-order valence-electron chi connectivity index (χ1n) is 10.4. The molecule has 0 radical (unpaired) electrons. The lowest BCUT2D eigenvalue weighted by Gasteiger charge is -2.17. The Labute approximate surface area is 186 Å². The van der Waals surface area contributed by atoms with Gasteiger partial charge in [-0.2, -0.15) is 0 Å². The summed E-state index contributed by atoms with van der Waals surface area (Å²) in [6, 6.07) is 13.4. The number of anilines is 1. The van der Waals surface area contributed by atoms with Crippen LogP contribution in [0.1, 0.15) is 25.0 Å². The second-order valence-corrected chi connectivity index (χ2v) is 7.95. The Hall–Kier alpha value is -3.59. The molecule has 1 fully saturated rings. The van der Waals surface area contributed by atoms with Crippen LogP contribution in [0.3, 0.4) is 0 Å². The zero-order valence-electron chi connectivity index (χ0n) is 18.1. The van der Waals surface area contributed by atoms with Gasteiger partial charge in [-0.15, -0.1) is 0 Å². The molecular formula is C23H28N4O5. The molecule has 32 heavy (non-hydrogen) atoms. The Morgan fingerprint density at radius 3 is 2.47 bits per heavy atom. The number of nitrogen functional groups attached to an aromatic ring is 1. The summed E-state index contributed by atoms with van der Waals surface area (Å²) in [4.78, 5) is 25.1. The van der Waals surface area contributed by atoms with Crippen molar-refractivity contribution in [2.75, 3.05) is 18.1 Å². The highest BCUT2D eigenvalue weighted by molar-refractivity contribution is 5.96. The van der Waals surface area contributed by atoms with Gasteiger partial charge in [0.05, 0.1) is 6.54 Å². The van der Waals surface area contributed by atoms with Gasteiger partial charge in [0.1, 0.15) is 24.2 Å². The molecule has 2 aromatic rings. The molecule has 1 heterocycles. The van der Waals surface area contributed by atoms with Crippen LogP contribution >= 0.6 is 0 Å². The van der Waals surface area contributed by atoms with Crippen molar-refractivity contribution in [2.24, 2.45) is 5.73 Å². The lowest BCUT2D eigenvalue weighted by molar-refractivity contribution is -0.139. The van der Waals surface area contributed by atoms with Gasteiger partial charge < -0.3 is 25.6 Å². The smallest absolute Gasteiger partial charge is 0.414 e. The minimum Gasteiger partial charge on any atom is -0.490 e. The van der Waals surface area contributed by atoms with E-state index < -0.39 is 24.2 Å². The maximum absolute atomic E-state index is 12.2. The molecule has 0 spiro atoms. The Kier molecular flexibility index (Phi) is 7.32. The molecule has 2 aromatic carbocycles. The van der Waals surface area contributed by atoms with Gasteiger partial charge in [0, 0.05) is 17.3 Å². The fourth-order valence-electron chi connectivity index (χ4n) is 3.41. The van der Waals surface area contributed by atoms with Crippen LogP contribution in [0.4, 0.5) is 10.5 Å². The van der Waals surface area contributed by atoms with E-state index in [0.717, 1.165) is 5.56 Å². The summed E-state index contributed by atoms with van der Waals surface area (Å²) in [6.07, 6.45) is -0.519. The van der Waals surface area contributed by atoms with Gasteiger partial charge in [0.15, 0.2) is 6.10 Å². The van der Waals surface area contributed by atoms with Crippen molar-refractivity contribution in [3.05, 3.63) is 59.7 Å². The van der Waals surface area contributed by atoms with E-state index in [9.17, 15) is 14.7 Å². The number of nitrogens with two attached hydrogens (primary N) is 1. The number of rotatable bonds is 10. The highest BCUT2D eigenvalue weighted by atomic mass is 16.6. The van der Waals surface area contributed by atoms with Crippen LogP contribution in [0.5, 0.6) is 5.75 Å². The van der Waals surface area contributed by atoms with Gasteiger partial charge in [-0.3, -0.25) is 15.1 Å². The molecule has 1 aliphatic heterocycles. The van der Waals surface area contributed by atoms with E-state index >= 15 is 0 Å². The summed E-state index contributed by atoms with van der Waals surface area (Å²) in [7, 11) is 0. The van der Waals surface area contributed by atoms with E-state index in [0.29, 0.717) is 30.0 Å². The normalized spacial score (nSPS) is 16.7. The summed E-state index contributed by atoms with van der Waals surface area (Å²) in [5.74, 6) is -0.312. The second kappa shape index (κ2) is 10.1. The van der Waals surface area contributed by atoms with Crippen LogP contribution in [0.15, 0.2) is 48.5 Å². The van der Waals surface area contributed by atoms with Crippen molar-refractivity contribution < 1.29 is 24.2 Å². The standard InChI is InChI=1S/C23H28N4O5/c1-14(2)26-20(22(28)29)11-15-3-9-18(10-4-15)31-13-19-12-27(23(30)32-19)17-7-5-16(6-8-17)21(24)25/h3-10,14,19-20,26H,11-13H2,1-2H3,(H3,24,25)(H,28,29). The fraction of sp³-hybridized carbons (Fsp3) is 0.348. The molecule has 9 nitrogen and oxygen atoms in total. The Morgan fingerprint density at radius 2 is 1.91 bits per heavy atom. The third-order valence-corrected chi connectivity index (χ3v) is 5.00. The number of carboxylic acid groups (broad SMARTS) is 1. The zero-order chi connectivity index (χ0) is 23.3. The van der Waals surface area contributed by atoms with Crippen LogP contribution < -0.4 is 20.7 Å². The molecule has 1 amide bonds. The lowest BCUT2D eigenvalue weighted by atomic mass is 10.1. The quantitative estimate of drug-likeness (QED) is 0.329. The molecule has 2 unspecified atom stereocenters. The van der Waals surface area contributed by atoms with Gasteiger partial charge >= 0.3 is 12.1 Å². The molecule has 0 saturated carbocycles. The van der Waals surface area contributed by atoms with Crippen LogP contribution in [-0.4, -0.2) is 54.3 Å². The maximum Gasteiger partial charge on any atom is 0.414 e. The fourth-order valence-corrected chi connectivity index (χ4v) is 3.41. The zero-order valence-corrected chi connectivity index (χ0v) is 18.1. The van der Waals surface area contributed by atoms with Gasteiger partial charge in [-0.05, 0) is 48.4 Å². The number of carbonyl (C=O) groups is 2. The Morgan fingerprint density at radius 1 is 1.25 bits per heavy atom. The lowest BCUT2D eigenvalue weighted by Crippen LogP contribution is -2.42. The summed E-state index contributed by atoms with van der Waals surface area (Å²) < 4.78 is 11.2. The van der Waals surface area contributed by atoms with E-state index in [-0.39, 0.29) is 18.5 Å². The number of amides is 1. The highest BCUT2D eigenvalue weighted by Crippen LogP contribution is 2.23. The van der Waals surface area contributed by atoms with Crippen LogP contribution in [0, 0.1) is 5.41 Å². The number of hydrogen-bond acceptors (Lipinski definition) is 6. The van der Waals surface area contributed by atoms with Crippen molar-refractivity contribution in [1.82, 2.24) is 5.32 Å². The number of amidine groups is 1. The average molecular weight is 441 g/mol. The molecular weight excluding hydrogens is 412 g/mol. The van der Waals surface area contributed by atoms with Gasteiger partial charge in [-0.25, -0.2) is 4.79 Å². The van der Waals surface area contributed by atoms with Crippen molar-refractivity contribution in [3.8, 4) is 5.75 Å². The monoisotopic (exact) mass is 440 g/mol. The maximum atomic E-state index is 12.2. The second-order valence-electron chi connectivity index (χ2n) is 7.95. The number of benzene rings is 2. The third-order valence-electron chi connectivity index (χ3n) is 5.00. The van der Waals surface area contributed by atoms with Gasteiger partial charge in [-0.1, -0.05) is 26.0 Å². The number of carbonyl (C=O) groups excluding carboxylic acids is 1. The SMILES string of the molecule is CC(C)NC(Cc1ccc(OCC2CN(c3ccc(C(=N)N)cc3)C(=O)O2)cc1)C(=O)O. The van der Waals surface area contributed by atoms with E-state index in [1.807, 2.05) is 26.0 Å². The first-order valence-corrected chi connectivity index (χ1v) is 10.4. The van der Waals surface area contributed by atoms with E-state index in [2.05, 4.69) is 5.32 Å². The van der Waals surface area contributed by atoms with Crippen LogP contribution in [0.25, 0.3) is 0 Å². The molecule has 0 bridgehead atoms. The molecule has 3 rings (SSSR count). The third kappa shape index (κ3) is 5.98. The summed E-state index contributed by atoms with van der Waals surface area (Å²) in [6.45, 7) is 4.35. The predicted molar refractivity (Wildman–Crippen MR) is 120 cm³/mol. The van der Waals surface area contributed by atoms with Crippen molar-refractivity contribution in [2.45, 2.75) is 38.5 Å². The molecule has 9 heteroatoms. The first-order chi connectivity index (χ1) is 15.2. The van der Waals surface area contributed by atoms with Crippen molar-refractivity contribution in [3.63, 3.8) is 0 Å². The number of cyclic esters (lactones) is 1. The number of nitrogens with one attached hydrogen (secondary N) is 2. The first kappa shape index (κ1) is 23.1. The number of ether oxygens (including phenoxy) is 2. The molecule has 0 aromatic heterocycles. The molecule has 5 N–H and O–H groups in total. The highest BCUT2D eigenvalue weighted by Gasteiger charge is 2.32. The van der Waals surface area contributed by atoms with Gasteiger partial charge in [0.2, 0.25) is 0 Å².